The highest BCUT2D eigenvalue weighted by atomic mass is 35.5. The van der Waals surface area contributed by atoms with Gasteiger partial charge in [0.15, 0.2) is 0 Å². The maximum Gasteiger partial charge on any atom is 0.330 e. The summed E-state index contributed by atoms with van der Waals surface area (Å²) in [5, 5.41) is 3.91. The van der Waals surface area contributed by atoms with Crippen LogP contribution in [-0.4, -0.2) is 22.4 Å². The molecule has 80 valence electrons. The van der Waals surface area contributed by atoms with Gasteiger partial charge in [0.05, 0.1) is 18.5 Å². The molecule has 0 amide bonds. The lowest BCUT2D eigenvalue weighted by atomic mass is 10.3. The summed E-state index contributed by atoms with van der Waals surface area (Å²) < 4.78 is 6.31. The Hall–Kier alpha value is -1.23. The van der Waals surface area contributed by atoms with Gasteiger partial charge < -0.3 is 10.5 Å². The predicted molar refractivity (Wildman–Crippen MR) is 55.2 cm³/mol. The summed E-state index contributed by atoms with van der Waals surface area (Å²) in [4.78, 5) is 11.2. The Morgan fingerprint density at radius 2 is 2.43 bits per heavy atom. The summed E-state index contributed by atoms with van der Waals surface area (Å²) >= 11 is 0. The molecule has 0 spiro atoms. The number of hydrogen-bond acceptors (Lipinski definition) is 4. The zero-order valence-corrected chi connectivity index (χ0v) is 8.95. The van der Waals surface area contributed by atoms with Gasteiger partial charge in [-0.15, -0.1) is 12.4 Å². The normalized spacial score (nSPS) is 11.6. The van der Waals surface area contributed by atoms with Gasteiger partial charge in [-0.3, -0.25) is 4.68 Å². The lowest BCUT2D eigenvalue weighted by Crippen LogP contribution is -2.19. The first-order valence-electron chi connectivity index (χ1n) is 4.11. The van der Waals surface area contributed by atoms with E-state index in [1.165, 1.54) is 10.9 Å². The Labute approximate surface area is 88.6 Å². The van der Waals surface area contributed by atoms with E-state index in [-0.39, 0.29) is 18.4 Å². The number of nitrogen functional groups attached to an aromatic ring is 1. The fourth-order valence-electron chi connectivity index (χ4n) is 0.935. The maximum absolute atomic E-state index is 11.2. The highest BCUT2D eigenvalue weighted by Crippen LogP contribution is 2.08. The smallest absolute Gasteiger partial charge is 0.330 e. The second kappa shape index (κ2) is 5.49. The summed E-state index contributed by atoms with van der Waals surface area (Å²) in [7, 11) is 0. The van der Waals surface area contributed by atoms with Crippen molar-refractivity contribution in [1.82, 2.24) is 9.78 Å². The third-order valence-electron chi connectivity index (χ3n) is 1.65. The molecule has 0 aliphatic rings. The largest absolute Gasteiger partial charge is 0.464 e. The van der Waals surface area contributed by atoms with E-state index in [9.17, 15) is 4.79 Å². The average molecular weight is 220 g/mol. The van der Waals surface area contributed by atoms with Gasteiger partial charge in [-0.1, -0.05) is 0 Å². The van der Waals surface area contributed by atoms with E-state index in [0.29, 0.717) is 12.3 Å². The van der Waals surface area contributed by atoms with Crippen LogP contribution in [0.1, 0.15) is 19.9 Å². The Morgan fingerprint density at radius 1 is 1.79 bits per heavy atom. The van der Waals surface area contributed by atoms with Gasteiger partial charge in [0.25, 0.3) is 0 Å². The Morgan fingerprint density at radius 3 is 2.86 bits per heavy atom. The van der Waals surface area contributed by atoms with Crippen LogP contribution in [0.4, 0.5) is 5.69 Å². The number of halogens is 1. The minimum atomic E-state index is -0.419. The van der Waals surface area contributed by atoms with Crippen LogP contribution in [0, 0.1) is 0 Å². The number of carbonyl (C=O) groups is 1. The van der Waals surface area contributed by atoms with E-state index in [0.717, 1.165) is 0 Å². The standard InChI is InChI=1S/C8H13N3O2.ClH/c1-3-13-8(12)6(2)11-5-7(9)4-10-11;/h4-6H,3,9H2,1-2H3;1H. The van der Waals surface area contributed by atoms with E-state index >= 15 is 0 Å². The zero-order valence-electron chi connectivity index (χ0n) is 8.14. The molecule has 0 saturated heterocycles. The van der Waals surface area contributed by atoms with E-state index in [1.54, 1.807) is 20.0 Å². The lowest BCUT2D eigenvalue weighted by Gasteiger charge is -2.09. The predicted octanol–water partition coefficient (Wildman–Crippen LogP) is 1.01. The van der Waals surface area contributed by atoms with Crippen LogP contribution < -0.4 is 5.73 Å². The minimum absolute atomic E-state index is 0. The van der Waals surface area contributed by atoms with Crippen LogP contribution in [0.25, 0.3) is 0 Å². The lowest BCUT2D eigenvalue weighted by molar-refractivity contribution is -0.146. The maximum atomic E-state index is 11.2. The van der Waals surface area contributed by atoms with Gasteiger partial charge in [0.1, 0.15) is 6.04 Å². The van der Waals surface area contributed by atoms with Gasteiger partial charge in [-0.05, 0) is 13.8 Å². The van der Waals surface area contributed by atoms with Gasteiger partial charge in [-0.25, -0.2) is 4.79 Å². The number of rotatable bonds is 3. The molecule has 0 aromatic carbocycles. The highest BCUT2D eigenvalue weighted by Gasteiger charge is 2.16. The molecule has 0 aliphatic carbocycles. The molecule has 0 bridgehead atoms. The number of nitrogens with zero attached hydrogens (tertiary/aromatic N) is 2. The van der Waals surface area contributed by atoms with Gasteiger partial charge in [-0.2, -0.15) is 5.10 Å². The molecular weight excluding hydrogens is 206 g/mol. The van der Waals surface area contributed by atoms with E-state index < -0.39 is 6.04 Å². The monoisotopic (exact) mass is 219 g/mol. The van der Waals surface area contributed by atoms with Crippen LogP contribution in [0.3, 0.4) is 0 Å². The summed E-state index contributed by atoms with van der Waals surface area (Å²) in [6, 6.07) is -0.419. The molecule has 1 rings (SSSR count). The number of carbonyl (C=O) groups excluding carboxylic acids is 1. The molecule has 1 atom stereocenters. The van der Waals surface area contributed by atoms with Crippen LogP contribution >= 0.6 is 12.4 Å². The molecule has 1 aromatic rings. The third kappa shape index (κ3) is 2.92. The quantitative estimate of drug-likeness (QED) is 0.771. The topological polar surface area (TPSA) is 70.1 Å². The number of hydrogen-bond donors (Lipinski definition) is 1. The van der Waals surface area contributed by atoms with Gasteiger partial charge in [0.2, 0.25) is 0 Å². The third-order valence-corrected chi connectivity index (χ3v) is 1.65. The molecule has 0 aliphatic heterocycles. The first kappa shape index (κ1) is 12.8. The molecule has 0 saturated carbocycles. The molecule has 1 aromatic heterocycles. The van der Waals surface area contributed by atoms with Crippen molar-refractivity contribution in [2.75, 3.05) is 12.3 Å². The van der Waals surface area contributed by atoms with Crippen molar-refractivity contribution in [3.05, 3.63) is 12.4 Å². The first-order chi connectivity index (χ1) is 6.15. The Kier molecular flexibility index (Phi) is 5.01. The van der Waals surface area contributed by atoms with Crippen molar-refractivity contribution in [2.45, 2.75) is 19.9 Å². The number of aromatic nitrogens is 2. The molecule has 2 N–H and O–H groups in total. The molecule has 0 radical (unpaired) electrons. The van der Waals surface area contributed by atoms with Crippen molar-refractivity contribution in [2.24, 2.45) is 0 Å². The van der Waals surface area contributed by atoms with Gasteiger partial charge >= 0.3 is 5.97 Å². The second-order valence-electron chi connectivity index (χ2n) is 2.68. The first-order valence-corrected chi connectivity index (χ1v) is 4.11. The number of esters is 1. The zero-order chi connectivity index (χ0) is 9.84. The second-order valence-corrected chi connectivity index (χ2v) is 2.68. The number of anilines is 1. The fourth-order valence-corrected chi connectivity index (χ4v) is 0.935. The van der Waals surface area contributed by atoms with Crippen molar-refractivity contribution < 1.29 is 9.53 Å². The SMILES string of the molecule is CCOC(=O)C(C)n1cc(N)cn1.Cl. The van der Waals surface area contributed by atoms with Crippen LogP contribution in [0.15, 0.2) is 12.4 Å². The van der Waals surface area contributed by atoms with Crippen molar-refractivity contribution in [3.8, 4) is 0 Å². The summed E-state index contributed by atoms with van der Waals surface area (Å²) in [6.45, 7) is 3.85. The van der Waals surface area contributed by atoms with Gasteiger partial charge in [0, 0.05) is 6.20 Å². The molecule has 5 nitrogen and oxygen atoms in total. The molecule has 1 unspecified atom stereocenters. The Bertz CT molecular complexity index is 301. The van der Waals surface area contributed by atoms with E-state index in [1.807, 2.05) is 0 Å². The number of nitrogens with two attached hydrogens (primary N) is 1. The summed E-state index contributed by atoms with van der Waals surface area (Å²) in [6.07, 6.45) is 3.09. The Balaban J connectivity index is 0.00000169. The average Bonchev–Trinajstić information content (AvgIpc) is 2.51. The number of ether oxygens (including phenoxy) is 1. The van der Waals surface area contributed by atoms with E-state index in [2.05, 4.69) is 5.10 Å². The minimum Gasteiger partial charge on any atom is -0.464 e. The van der Waals surface area contributed by atoms with Crippen molar-refractivity contribution in [3.63, 3.8) is 0 Å². The fraction of sp³-hybridized carbons (Fsp3) is 0.500. The van der Waals surface area contributed by atoms with Crippen molar-refractivity contribution in [1.29, 1.82) is 0 Å². The highest BCUT2D eigenvalue weighted by molar-refractivity contribution is 5.85. The van der Waals surface area contributed by atoms with Crippen LogP contribution in [0.2, 0.25) is 0 Å². The van der Waals surface area contributed by atoms with E-state index in [4.69, 9.17) is 10.5 Å². The van der Waals surface area contributed by atoms with Crippen LogP contribution in [0.5, 0.6) is 0 Å². The summed E-state index contributed by atoms with van der Waals surface area (Å²) in [5.74, 6) is -0.300. The molecule has 14 heavy (non-hydrogen) atoms. The van der Waals surface area contributed by atoms with Crippen LogP contribution in [-0.2, 0) is 9.53 Å². The molecule has 1 heterocycles. The molecule has 6 heteroatoms. The summed E-state index contributed by atoms with van der Waals surface area (Å²) in [5.41, 5.74) is 5.99. The van der Waals surface area contributed by atoms with Crippen molar-refractivity contribution >= 4 is 24.1 Å². The molecule has 0 fully saturated rings. The molecular formula is C8H14ClN3O2.